The zero-order chi connectivity index (χ0) is 25.9. The van der Waals surface area contributed by atoms with Crippen LogP contribution in [0.5, 0.6) is 0 Å². The molecule has 0 unspecified atom stereocenters. The van der Waals surface area contributed by atoms with Gasteiger partial charge in [-0.3, -0.25) is 0 Å². The average molecular weight is 483 g/mol. The number of rotatable bonds is 4. The maximum atomic E-state index is 9.02. The van der Waals surface area contributed by atoms with E-state index >= 15 is 0 Å². The van der Waals surface area contributed by atoms with E-state index in [0.717, 1.165) is 22.3 Å². The molecule has 0 amide bonds. The molecule has 6 aromatic rings. The van der Waals surface area contributed by atoms with E-state index in [0.29, 0.717) is 11.1 Å². The highest BCUT2D eigenvalue weighted by Crippen LogP contribution is 2.36. The van der Waals surface area contributed by atoms with Gasteiger partial charge in [0.2, 0.25) is 0 Å². The van der Waals surface area contributed by atoms with Crippen LogP contribution in [0.4, 0.5) is 0 Å². The molecule has 38 heavy (non-hydrogen) atoms. The van der Waals surface area contributed by atoms with E-state index in [2.05, 4.69) is 97.1 Å². The van der Waals surface area contributed by atoms with Crippen molar-refractivity contribution in [3.8, 4) is 12.1 Å². The van der Waals surface area contributed by atoms with Crippen LogP contribution in [0.1, 0.15) is 33.4 Å². The Morgan fingerprint density at radius 3 is 1.11 bits per heavy atom. The van der Waals surface area contributed by atoms with Gasteiger partial charge in [0.1, 0.15) is 0 Å². The van der Waals surface area contributed by atoms with Crippen LogP contribution in [-0.4, -0.2) is 0 Å². The van der Waals surface area contributed by atoms with E-state index in [-0.39, 0.29) is 0 Å². The monoisotopic (exact) mass is 482 g/mol. The quantitative estimate of drug-likeness (QED) is 0.186. The molecule has 0 spiro atoms. The summed E-state index contributed by atoms with van der Waals surface area (Å²) in [6.45, 7) is 0. The van der Waals surface area contributed by atoms with Crippen molar-refractivity contribution in [3.05, 3.63) is 143 Å². The number of fused-ring (bicyclic) bond motifs is 6. The molecule has 0 saturated heterocycles. The Bertz CT molecular complexity index is 1790. The largest absolute Gasteiger partial charge is 0.192 e. The summed E-state index contributed by atoms with van der Waals surface area (Å²) in [5.41, 5.74) is 5.72. The molecule has 0 bridgehead atoms. The first-order chi connectivity index (χ1) is 18.7. The number of nitriles is 2. The Kier molecular flexibility index (Phi) is 5.99. The predicted octanol–water partition coefficient (Wildman–Crippen LogP) is 9.23. The fourth-order valence-electron chi connectivity index (χ4n) is 4.92. The first-order valence-corrected chi connectivity index (χ1v) is 12.5. The smallest absolute Gasteiger partial charge is 0.0991 e. The summed E-state index contributed by atoms with van der Waals surface area (Å²) in [6.07, 6.45) is 8.41. The average Bonchev–Trinajstić information content (AvgIpc) is 2.99. The van der Waals surface area contributed by atoms with Gasteiger partial charge in [-0.15, -0.1) is 0 Å². The maximum absolute atomic E-state index is 9.02. The minimum absolute atomic E-state index is 0.666. The lowest BCUT2D eigenvalue weighted by Gasteiger charge is -2.12. The van der Waals surface area contributed by atoms with Gasteiger partial charge in [0.25, 0.3) is 0 Å². The van der Waals surface area contributed by atoms with Crippen molar-refractivity contribution in [2.75, 3.05) is 0 Å². The predicted molar refractivity (Wildman–Crippen MR) is 159 cm³/mol. The summed E-state index contributed by atoms with van der Waals surface area (Å²) in [5, 5.41) is 25.4. The number of nitrogens with zero attached hydrogens (tertiary/aromatic N) is 2. The molecule has 0 aliphatic carbocycles. The molecule has 0 aromatic heterocycles. The van der Waals surface area contributed by atoms with Gasteiger partial charge in [0, 0.05) is 0 Å². The number of hydrogen-bond acceptors (Lipinski definition) is 2. The van der Waals surface area contributed by atoms with E-state index in [4.69, 9.17) is 10.5 Å². The standard InChI is InChI=1S/C36H22N2/c37-23-29-13-7-25(8-14-29)5-11-27-17-19-33-34-20-18-28(12-6-26-9-15-30(24-38)16-10-26)22-36(34)32-4-2-1-3-31(32)35(33)21-27/h1-22H/b11-5+,12-6+. The normalized spacial score (nSPS) is 11.4. The molecule has 0 saturated carbocycles. The fraction of sp³-hybridized carbons (Fsp3) is 0. The van der Waals surface area contributed by atoms with Crippen LogP contribution >= 0.6 is 0 Å². The SMILES string of the molecule is N#Cc1ccc(/C=C/c2ccc3c4ccc(/C=C/c5ccc(C#N)cc5)cc4c4ccccc4c3c2)cc1. The number of benzene rings is 6. The van der Waals surface area contributed by atoms with Crippen molar-refractivity contribution in [1.29, 1.82) is 10.5 Å². The van der Waals surface area contributed by atoms with Gasteiger partial charge in [-0.1, -0.05) is 97.1 Å². The van der Waals surface area contributed by atoms with Gasteiger partial charge in [-0.2, -0.15) is 10.5 Å². The zero-order valence-electron chi connectivity index (χ0n) is 20.6. The Morgan fingerprint density at radius 1 is 0.368 bits per heavy atom. The summed E-state index contributed by atoms with van der Waals surface area (Å²) >= 11 is 0. The van der Waals surface area contributed by atoms with E-state index in [1.54, 1.807) is 0 Å². The first kappa shape index (κ1) is 23.0. The maximum Gasteiger partial charge on any atom is 0.0991 e. The minimum Gasteiger partial charge on any atom is -0.192 e. The summed E-state index contributed by atoms with van der Waals surface area (Å²) in [5.74, 6) is 0. The second-order valence-electron chi connectivity index (χ2n) is 9.29. The molecule has 6 rings (SSSR count). The van der Waals surface area contributed by atoms with Gasteiger partial charge < -0.3 is 0 Å². The summed E-state index contributed by atoms with van der Waals surface area (Å²) < 4.78 is 0. The Hall–Kier alpha value is -5.44. The fourth-order valence-corrected chi connectivity index (χ4v) is 4.92. The molecule has 176 valence electrons. The van der Waals surface area contributed by atoms with Crippen molar-refractivity contribution in [2.45, 2.75) is 0 Å². The van der Waals surface area contributed by atoms with Crippen LogP contribution in [0.2, 0.25) is 0 Å². The van der Waals surface area contributed by atoms with E-state index < -0.39 is 0 Å². The molecule has 2 nitrogen and oxygen atoms in total. The highest BCUT2D eigenvalue weighted by atomic mass is 14.2. The van der Waals surface area contributed by atoms with Crippen molar-refractivity contribution < 1.29 is 0 Å². The van der Waals surface area contributed by atoms with Gasteiger partial charge in [0.15, 0.2) is 0 Å². The molecule has 0 atom stereocenters. The topological polar surface area (TPSA) is 47.6 Å². The third-order valence-electron chi connectivity index (χ3n) is 6.90. The molecule has 0 aliphatic rings. The van der Waals surface area contributed by atoms with Crippen LogP contribution in [0.15, 0.2) is 109 Å². The van der Waals surface area contributed by atoms with Gasteiger partial charge in [-0.05, 0) is 91.0 Å². The highest BCUT2D eigenvalue weighted by molar-refractivity contribution is 6.25. The highest BCUT2D eigenvalue weighted by Gasteiger charge is 2.09. The lowest BCUT2D eigenvalue weighted by molar-refractivity contribution is 1.48. The van der Waals surface area contributed by atoms with Crippen molar-refractivity contribution >= 4 is 56.6 Å². The first-order valence-electron chi connectivity index (χ1n) is 12.5. The summed E-state index contributed by atoms with van der Waals surface area (Å²) in [7, 11) is 0. The molecule has 0 heterocycles. The molecule has 6 aromatic carbocycles. The molecule has 0 N–H and O–H groups in total. The molecular formula is C36H22N2. The second kappa shape index (κ2) is 9.90. The van der Waals surface area contributed by atoms with Crippen LogP contribution in [0.3, 0.4) is 0 Å². The summed E-state index contributed by atoms with van der Waals surface area (Å²) in [4.78, 5) is 0. The van der Waals surface area contributed by atoms with Crippen LogP contribution in [0.25, 0.3) is 56.6 Å². The molecule has 0 radical (unpaired) electrons. The lowest BCUT2D eigenvalue weighted by Crippen LogP contribution is -1.85. The Balaban J connectivity index is 1.42. The third-order valence-corrected chi connectivity index (χ3v) is 6.90. The van der Waals surface area contributed by atoms with E-state index in [9.17, 15) is 0 Å². The van der Waals surface area contributed by atoms with Crippen LogP contribution in [-0.2, 0) is 0 Å². The second-order valence-corrected chi connectivity index (χ2v) is 9.29. The van der Waals surface area contributed by atoms with E-state index in [1.165, 1.54) is 32.3 Å². The van der Waals surface area contributed by atoms with Crippen molar-refractivity contribution in [3.63, 3.8) is 0 Å². The van der Waals surface area contributed by atoms with Gasteiger partial charge in [0.05, 0.1) is 23.3 Å². The van der Waals surface area contributed by atoms with E-state index in [1.807, 2.05) is 48.5 Å². The van der Waals surface area contributed by atoms with Crippen molar-refractivity contribution in [2.24, 2.45) is 0 Å². The van der Waals surface area contributed by atoms with Crippen LogP contribution < -0.4 is 0 Å². The lowest BCUT2D eigenvalue weighted by atomic mass is 9.92. The minimum atomic E-state index is 0.666. The Morgan fingerprint density at radius 2 is 0.711 bits per heavy atom. The molecular weight excluding hydrogens is 460 g/mol. The zero-order valence-corrected chi connectivity index (χ0v) is 20.6. The molecule has 0 aliphatic heterocycles. The van der Waals surface area contributed by atoms with Gasteiger partial charge >= 0.3 is 0 Å². The van der Waals surface area contributed by atoms with Gasteiger partial charge in [-0.25, -0.2) is 0 Å². The summed E-state index contributed by atoms with van der Waals surface area (Å²) in [6, 6.07) is 41.4. The molecule has 2 heteroatoms. The Labute approximate surface area is 221 Å². The molecule has 0 fully saturated rings. The third kappa shape index (κ3) is 4.44. The van der Waals surface area contributed by atoms with Crippen molar-refractivity contribution in [1.82, 2.24) is 0 Å². The number of hydrogen-bond donors (Lipinski definition) is 0. The van der Waals surface area contributed by atoms with Crippen LogP contribution in [0, 0.1) is 22.7 Å².